The van der Waals surface area contributed by atoms with E-state index in [1.807, 2.05) is 32.0 Å². The molecule has 1 aliphatic heterocycles. The topological polar surface area (TPSA) is 130 Å². The average Bonchev–Trinajstić information content (AvgIpc) is 3.60. The number of amides is 1. The molecule has 1 amide bonds. The number of aromatic nitrogens is 3. The summed E-state index contributed by atoms with van der Waals surface area (Å²) < 4.78 is 16.7. The van der Waals surface area contributed by atoms with E-state index in [4.69, 9.17) is 29.8 Å². The van der Waals surface area contributed by atoms with Crippen LogP contribution in [0.25, 0.3) is 0 Å². The maximum Gasteiger partial charge on any atom is 0.519 e. The Hall–Kier alpha value is -3.56. The highest BCUT2D eigenvalue weighted by Gasteiger charge is 2.37. The number of halogens is 1. The maximum absolute atomic E-state index is 14.0. The predicted octanol–water partition coefficient (Wildman–Crippen LogP) is 6.79. The van der Waals surface area contributed by atoms with Gasteiger partial charge in [0.1, 0.15) is 28.1 Å². The molecule has 0 aliphatic carbocycles. The summed E-state index contributed by atoms with van der Waals surface area (Å²) >= 11 is 7.76. The zero-order chi connectivity index (χ0) is 34.8. The summed E-state index contributed by atoms with van der Waals surface area (Å²) in [6, 6.07) is 7.29. The zero-order valence-electron chi connectivity index (χ0n) is 28.8. The number of piperazine rings is 1. The van der Waals surface area contributed by atoms with Gasteiger partial charge in [0.25, 0.3) is 5.91 Å². The second-order valence-electron chi connectivity index (χ2n) is 13.5. The Balaban J connectivity index is 1.26. The summed E-state index contributed by atoms with van der Waals surface area (Å²) in [6.07, 6.45) is 1.51. The molecule has 48 heavy (non-hydrogen) atoms. The van der Waals surface area contributed by atoms with Crippen LogP contribution in [0.2, 0.25) is 23.2 Å². The molecule has 5 rings (SSSR count). The molecule has 0 unspecified atom stereocenters. The third-order valence-corrected chi connectivity index (χ3v) is 14.7. The lowest BCUT2D eigenvalue weighted by Gasteiger charge is -2.38. The van der Waals surface area contributed by atoms with Gasteiger partial charge in [-0.15, -0.1) is 0 Å². The van der Waals surface area contributed by atoms with Crippen LogP contribution in [0.15, 0.2) is 44.1 Å². The van der Waals surface area contributed by atoms with Gasteiger partial charge in [-0.05, 0) is 50.5 Å². The van der Waals surface area contributed by atoms with Crippen molar-refractivity contribution in [3.8, 4) is 0 Å². The Morgan fingerprint density at radius 3 is 2.50 bits per heavy atom. The monoisotopic (exact) mass is 713 g/mol. The van der Waals surface area contributed by atoms with Gasteiger partial charge in [-0.2, -0.15) is 0 Å². The fourth-order valence-electron chi connectivity index (χ4n) is 5.18. The average molecular weight is 714 g/mol. The SMILES string of the molecule is Cc1nc(Nc2ncc(C(=O)N(Cc3oc(=O)oc3C)c3c(C)cccc3Cl)s2)cc(N2CCN(CCO[Si](C)(C)C(C)(C)C)CC2)n1. The number of para-hydroxylation sites is 1. The molecule has 4 aromatic rings. The fraction of sp³-hybridized carbons (Fsp3) is 0.485. The number of aryl methyl sites for hydroxylation is 3. The minimum Gasteiger partial charge on any atom is -0.416 e. The van der Waals surface area contributed by atoms with Crippen LogP contribution >= 0.6 is 22.9 Å². The number of rotatable bonds is 11. The van der Waals surface area contributed by atoms with Crippen molar-refractivity contribution >= 4 is 59.6 Å². The highest BCUT2D eigenvalue weighted by Crippen LogP contribution is 2.37. The number of carbonyl (C=O) groups excluding carboxylic acids is 1. The summed E-state index contributed by atoms with van der Waals surface area (Å²) in [7, 11) is -1.76. The van der Waals surface area contributed by atoms with E-state index in [2.05, 4.69) is 58.9 Å². The van der Waals surface area contributed by atoms with Crippen LogP contribution in [0, 0.1) is 20.8 Å². The fourth-order valence-corrected chi connectivity index (χ4v) is 7.31. The molecule has 4 heterocycles. The van der Waals surface area contributed by atoms with Gasteiger partial charge in [0.05, 0.1) is 23.5 Å². The summed E-state index contributed by atoms with van der Waals surface area (Å²) in [6.45, 7) is 21.9. The number of hydrogen-bond donors (Lipinski definition) is 1. The van der Waals surface area contributed by atoms with Crippen LogP contribution in [0.4, 0.5) is 22.5 Å². The van der Waals surface area contributed by atoms with E-state index in [1.165, 1.54) is 22.4 Å². The van der Waals surface area contributed by atoms with Crippen molar-refractivity contribution in [3.05, 3.63) is 73.9 Å². The van der Waals surface area contributed by atoms with Crippen LogP contribution in [-0.2, 0) is 11.0 Å². The lowest BCUT2D eigenvalue weighted by atomic mass is 10.1. The van der Waals surface area contributed by atoms with E-state index in [-0.39, 0.29) is 23.3 Å². The van der Waals surface area contributed by atoms with Crippen LogP contribution < -0.4 is 20.9 Å². The molecular formula is C33H44ClN7O5SSi. The summed E-state index contributed by atoms with van der Waals surface area (Å²) in [5.41, 5.74) is 1.29. The number of thiazole rings is 1. The number of nitrogens with zero attached hydrogens (tertiary/aromatic N) is 6. The van der Waals surface area contributed by atoms with Gasteiger partial charge in [-0.3, -0.25) is 14.6 Å². The van der Waals surface area contributed by atoms with Crippen LogP contribution in [0.3, 0.4) is 0 Å². The smallest absolute Gasteiger partial charge is 0.416 e. The molecule has 1 N–H and O–H groups in total. The van der Waals surface area contributed by atoms with Gasteiger partial charge in [0.15, 0.2) is 19.2 Å². The minimum atomic E-state index is -1.76. The molecule has 0 radical (unpaired) electrons. The summed E-state index contributed by atoms with van der Waals surface area (Å²) in [5, 5.41) is 4.35. The van der Waals surface area contributed by atoms with E-state index < -0.39 is 14.1 Å². The van der Waals surface area contributed by atoms with E-state index >= 15 is 0 Å². The highest BCUT2D eigenvalue weighted by atomic mass is 35.5. The van der Waals surface area contributed by atoms with Crippen molar-refractivity contribution < 1.29 is 18.1 Å². The summed E-state index contributed by atoms with van der Waals surface area (Å²) in [5.74, 6) is 1.40. The first-order valence-corrected chi connectivity index (χ1v) is 20.1. The zero-order valence-corrected chi connectivity index (χ0v) is 31.4. The van der Waals surface area contributed by atoms with Crippen LogP contribution in [0.1, 0.15) is 53.4 Å². The molecule has 1 aliphatic rings. The largest absolute Gasteiger partial charge is 0.519 e. The number of anilines is 4. The van der Waals surface area contributed by atoms with Crippen molar-refractivity contribution in [3.63, 3.8) is 0 Å². The maximum atomic E-state index is 14.0. The summed E-state index contributed by atoms with van der Waals surface area (Å²) in [4.78, 5) is 46.0. The van der Waals surface area contributed by atoms with E-state index in [0.717, 1.165) is 50.7 Å². The molecular weight excluding hydrogens is 670 g/mol. The normalized spacial score (nSPS) is 14.4. The quantitative estimate of drug-likeness (QED) is 0.165. The van der Waals surface area contributed by atoms with E-state index in [1.54, 1.807) is 13.0 Å². The van der Waals surface area contributed by atoms with E-state index in [9.17, 15) is 9.59 Å². The second-order valence-corrected chi connectivity index (χ2v) is 19.7. The Morgan fingerprint density at radius 2 is 1.85 bits per heavy atom. The van der Waals surface area contributed by atoms with Gasteiger partial charge < -0.3 is 23.5 Å². The molecule has 0 saturated carbocycles. The Kier molecular flexibility index (Phi) is 10.8. The first kappa shape index (κ1) is 35.7. The third-order valence-electron chi connectivity index (χ3n) is 8.99. The van der Waals surface area contributed by atoms with Gasteiger partial charge in [0, 0.05) is 45.4 Å². The molecule has 258 valence electrons. The lowest BCUT2D eigenvalue weighted by molar-refractivity contribution is 0.0986. The third kappa shape index (κ3) is 8.35. The lowest BCUT2D eigenvalue weighted by Crippen LogP contribution is -2.49. The second kappa shape index (κ2) is 14.5. The molecule has 0 bridgehead atoms. The first-order chi connectivity index (χ1) is 22.6. The van der Waals surface area contributed by atoms with Crippen molar-refractivity contribution in [1.82, 2.24) is 19.9 Å². The molecule has 0 atom stereocenters. The van der Waals surface area contributed by atoms with Gasteiger partial charge in [-0.25, -0.2) is 19.7 Å². The Labute approximate surface area is 291 Å². The minimum absolute atomic E-state index is 0.0486. The van der Waals surface area contributed by atoms with Crippen molar-refractivity contribution in [2.45, 2.75) is 66.2 Å². The molecule has 15 heteroatoms. The van der Waals surface area contributed by atoms with Gasteiger partial charge in [-0.1, -0.05) is 55.8 Å². The number of carbonyl (C=O) groups is 1. The van der Waals surface area contributed by atoms with E-state index in [0.29, 0.717) is 38.1 Å². The highest BCUT2D eigenvalue weighted by molar-refractivity contribution is 7.17. The number of nitrogens with one attached hydrogen (secondary N) is 1. The molecule has 1 aromatic carbocycles. The van der Waals surface area contributed by atoms with Crippen LogP contribution in [0.5, 0.6) is 0 Å². The van der Waals surface area contributed by atoms with Crippen molar-refractivity contribution in [2.75, 3.05) is 54.4 Å². The molecule has 12 nitrogen and oxygen atoms in total. The van der Waals surface area contributed by atoms with Crippen molar-refractivity contribution in [2.24, 2.45) is 0 Å². The van der Waals surface area contributed by atoms with Gasteiger partial charge in [0.2, 0.25) is 0 Å². The van der Waals surface area contributed by atoms with Gasteiger partial charge >= 0.3 is 5.82 Å². The molecule has 3 aromatic heterocycles. The molecule has 1 fully saturated rings. The standard InChI is InChI=1S/C33H44ClN7O5SSi/c1-21-10-9-11-24(34)29(21)41(20-25-22(2)45-32(43)46-25)30(42)26-19-35-31(47-26)38-27-18-28(37-23(3)36-27)40-14-12-39(13-15-40)16-17-44-48(7,8)33(4,5)6/h9-11,18-19H,12-17,20H2,1-8H3,(H,35,36,37,38). The Morgan fingerprint density at radius 1 is 1.12 bits per heavy atom. The first-order valence-electron chi connectivity index (χ1n) is 16.0. The van der Waals surface area contributed by atoms with Crippen molar-refractivity contribution in [1.29, 1.82) is 0 Å². The molecule has 0 spiro atoms. The van der Waals surface area contributed by atoms with Crippen LogP contribution in [-0.4, -0.2) is 73.4 Å². The predicted molar refractivity (Wildman–Crippen MR) is 193 cm³/mol. The Bertz CT molecular complexity index is 1790. The molecule has 1 saturated heterocycles. The number of hydrogen-bond acceptors (Lipinski definition) is 12. The number of benzene rings is 1.